The van der Waals surface area contributed by atoms with Gasteiger partial charge in [0.2, 0.25) is 0 Å². The summed E-state index contributed by atoms with van der Waals surface area (Å²) in [6.45, 7) is 0. The third kappa shape index (κ3) is 3.20. The summed E-state index contributed by atoms with van der Waals surface area (Å²) >= 11 is 0. The molecular weight excluding hydrogens is 301 g/mol. The molecule has 3 rings (SSSR count). The van der Waals surface area contributed by atoms with Gasteiger partial charge in [0.25, 0.3) is 5.91 Å². The Hall–Kier alpha value is -2.38. The molecule has 0 radical (unpaired) electrons. The molecule has 6 nitrogen and oxygen atoms in total. The lowest BCUT2D eigenvalue weighted by Crippen LogP contribution is -2.45. The molecule has 7 heteroatoms. The Morgan fingerprint density at radius 2 is 1.83 bits per heavy atom. The van der Waals surface area contributed by atoms with Crippen LogP contribution < -0.4 is 5.32 Å². The van der Waals surface area contributed by atoms with Crippen molar-refractivity contribution in [2.24, 2.45) is 0 Å². The molecule has 0 bridgehead atoms. The summed E-state index contributed by atoms with van der Waals surface area (Å²) in [4.78, 5) is 20.1. The lowest BCUT2D eigenvalue weighted by molar-refractivity contribution is 0.0294. The summed E-state index contributed by atoms with van der Waals surface area (Å²) in [5, 5.41) is 22.8. The maximum Gasteiger partial charge on any atom is 0.251 e. The Morgan fingerprint density at radius 3 is 2.48 bits per heavy atom. The monoisotopic (exact) mass is 317 g/mol. The van der Waals surface area contributed by atoms with Crippen LogP contribution in [-0.4, -0.2) is 44.3 Å². The number of halogens is 1. The minimum absolute atomic E-state index is 0.281. The molecule has 1 heterocycles. The number of carbonyl (C=O) groups excluding carboxylic acids is 1. The van der Waals surface area contributed by atoms with Crippen LogP contribution in [0.1, 0.15) is 28.3 Å². The van der Waals surface area contributed by atoms with Crippen molar-refractivity contribution in [1.82, 2.24) is 15.3 Å². The van der Waals surface area contributed by atoms with Gasteiger partial charge in [-0.15, -0.1) is 0 Å². The summed E-state index contributed by atoms with van der Waals surface area (Å²) in [5.41, 5.74) is 1.01. The van der Waals surface area contributed by atoms with Gasteiger partial charge < -0.3 is 15.5 Å². The van der Waals surface area contributed by atoms with Crippen LogP contribution in [0.5, 0.6) is 0 Å². The number of amides is 1. The van der Waals surface area contributed by atoms with Crippen LogP contribution in [0.3, 0.4) is 0 Å². The fraction of sp³-hybridized carbons (Fsp3) is 0.312. The van der Waals surface area contributed by atoms with E-state index in [2.05, 4.69) is 15.3 Å². The van der Waals surface area contributed by atoms with Crippen LogP contribution in [0.25, 0.3) is 0 Å². The van der Waals surface area contributed by atoms with Gasteiger partial charge in [-0.1, -0.05) is 0 Å². The van der Waals surface area contributed by atoms with E-state index < -0.39 is 30.0 Å². The topological polar surface area (TPSA) is 95.3 Å². The fourth-order valence-corrected chi connectivity index (χ4v) is 2.89. The quantitative estimate of drug-likeness (QED) is 0.771. The molecule has 1 amide bonds. The predicted octanol–water partition coefficient (Wildman–Crippen LogP) is 0.623. The van der Waals surface area contributed by atoms with Crippen LogP contribution >= 0.6 is 0 Å². The third-order valence-corrected chi connectivity index (χ3v) is 4.10. The molecule has 1 aromatic carbocycles. The number of aliphatic hydroxyl groups excluding tert-OH is 2. The molecule has 120 valence electrons. The zero-order chi connectivity index (χ0) is 16.4. The molecule has 3 N–H and O–H groups in total. The first-order valence-corrected chi connectivity index (χ1v) is 7.23. The molecular formula is C16H16FN3O3. The van der Waals surface area contributed by atoms with Crippen molar-refractivity contribution < 1.29 is 19.4 Å². The Kier molecular flexibility index (Phi) is 4.31. The zero-order valence-electron chi connectivity index (χ0n) is 12.1. The van der Waals surface area contributed by atoms with Crippen molar-refractivity contribution in [1.29, 1.82) is 0 Å². The smallest absolute Gasteiger partial charge is 0.251 e. The number of aromatic nitrogens is 2. The summed E-state index contributed by atoms with van der Waals surface area (Å²) in [7, 11) is 0. The van der Waals surface area contributed by atoms with Crippen LogP contribution in [0.4, 0.5) is 4.39 Å². The molecule has 0 saturated heterocycles. The van der Waals surface area contributed by atoms with E-state index in [0.29, 0.717) is 6.42 Å². The highest BCUT2D eigenvalue weighted by atomic mass is 19.1. The highest BCUT2D eigenvalue weighted by Crippen LogP contribution is 2.34. The van der Waals surface area contributed by atoms with E-state index in [1.807, 2.05) is 0 Å². The number of benzene rings is 1. The average Bonchev–Trinajstić information content (AvgIpc) is 2.84. The van der Waals surface area contributed by atoms with E-state index in [0.717, 1.165) is 5.56 Å². The molecule has 2 aromatic rings. The summed E-state index contributed by atoms with van der Waals surface area (Å²) < 4.78 is 12.9. The maximum atomic E-state index is 12.9. The zero-order valence-corrected chi connectivity index (χ0v) is 12.1. The van der Waals surface area contributed by atoms with E-state index in [1.54, 1.807) is 12.4 Å². The Labute approximate surface area is 132 Å². The minimum atomic E-state index is -1.09. The second kappa shape index (κ2) is 6.39. The highest BCUT2D eigenvalue weighted by Gasteiger charge is 2.43. The fourth-order valence-electron chi connectivity index (χ4n) is 2.89. The molecule has 23 heavy (non-hydrogen) atoms. The summed E-state index contributed by atoms with van der Waals surface area (Å²) in [6, 6.07) is 4.44. The van der Waals surface area contributed by atoms with Crippen molar-refractivity contribution in [2.75, 3.05) is 0 Å². The van der Waals surface area contributed by atoms with Gasteiger partial charge in [0.15, 0.2) is 0 Å². The van der Waals surface area contributed by atoms with Gasteiger partial charge >= 0.3 is 0 Å². The second-order valence-corrected chi connectivity index (χ2v) is 5.58. The van der Waals surface area contributed by atoms with Crippen LogP contribution in [0, 0.1) is 5.82 Å². The molecule has 1 aromatic heterocycles. The molecule has 4 atom stereocenters. The second-order valence-electron chi connectivity index (χ2n) is 5.58. The van der Waals surface area contributed by atoms with Crippen molar-refractivity contribution in [3.63, 3.8) is 0 Å². The van der Waals surface area contributed by atoms with Crippen molar-refractivity contribution in [3.05, 3.63) is 59.9 Å². The molecule has 0 aliphatic heterocycles. The molecule has 1 aliphatic carbocycles. The first-order valence-electron chi connectivity index (χ1n) is 7.23. The van der Waals surface area contributed by atoms with E-state index in [4.69, 9.17) is 0 Å². The molecule has 0 unspecified atom stereocenters. The minimum Gasteiger partial charge on any atom is -0.390 e. The standard InChI is InChI=1S/C16H16FN3O3/c17-11-3-1-9(2-4-11)16(23)20-14-12(5-13(21)15(14)22)10-6-18-8-19-7-10/h1-4,6-8,12-15,21-22H,5H2,(H,20,23)/t12-,13-,14-,15-/m1/s1. The molecule has 1 aliphatic rings. The maximum absolute atomic E-state index is 12.9. The van der Waals surface area contributed by atoms with Gasteiger partial charge in [0.05, 0.1) is 12.1 Å². The average molecular weight is 317 g/mol. The van der Waals surface area contributed by atoms with Gasteiger partial charge in [0.1, 0.15) is 18.2 Å². The number of nitrogens with zero attached hydrogens (tertiary/aromatic N) is 2. The van der Waals surface area contributed by atoms with Gasteiger partial charge in [-0.3, -0.25) is 4.79 Å². The first kappa shape index (κ1) is 15.5. The van der Waals surface area contributed by atoms with Crippen LogP contribution in [-0.2, 0) is 0 Å². The van der Waals surface area contributed by atoms with Crippen LogP contribution in [0.2, 0.25) is 0 Å². The van der Waals surface area contributed by atoms with Crippen LogP contribution in [0.15, 0.2) is 43.0 Å². The van der Waals surface area contributed by atoms with Gasteiger partial charge in [0, 0.05) is 23.9 Å². The lowest BCUT2D eigenvalue weighted by Gasteiger charge is -2.23. The van der Waals surface area contributed by atoms with E-state index in [-0.39, 0.29) is 11.5 Å². The predicted molar refractivity (Wildman–Crippen MR) is 79.1 cm³/mol. The van der Waals surface area contributed by atoms with Crippen molar-refractivity contribution in [3.8, 4) is 0 Å². The lowest BCUT2D eigenvalue weighted by atomic mass is 9.95. The molecule has 1 saturated carbocycles. The normalized spacial score (nSPS) is 26.9. The SMILES string of the molecule is O=C(N[C@H]1[C@H](O)[C@H](O)C[C@@H]1c1cncnc1)c1ccc(F)cc1. The number of hydrogen-bond donors (Lipinski definition) is 3. The van der Waals surface area contributed by atoms with E-state index in [9.17, 15) is 19.4 Å². The van der Waals surface area contributed by atoms with Crippen molar-refractivity contribution in [2.45, 2.75) is 30.6 Å². The number of carbonyl (C=O) groups is 1. The van der Waals surface area contributed by atoms with E-state index in [1.165, 1.54) is 30.6 Å². The Balaban J connectivity index is 1.81. The largest absolute Gasteiger partial charge is 0.390 e. The Bertz CT molecular complexity index is 681. The van der Waals surface area contributed by atoms with E-state index >= 15 is 0 Å². The summed E-state index contributed by atoms with van der Waals surface area (Å²) in [5.74, 6) is -1.17. The highest BCUT2D eigenvalue weighted by molar-refractivity contribution is 5.94. The molecule has 0 spiro atoms. The number of nitrogens with one attached hydrogen (secondary N) is 1. The number of hydrogen-bond acceptors (Lipinski definition) is 5. The number of rotatable bonds is 3. The van der Waals surface area contributed by atoms with Gasteiger partial charge in [-0.05, 0) is 36.2 Å². The molecule has 1 fully saturated rings. The van der Waals surface area contributed by atoms with Crippen molar-refractivity contribution >= 4 is 5.91 Å². The van der Waals surface area contributed by atoms with Gasteiger partial charge in [-0.2, -0.15) is 0 Å². The third-order valence-electron chi connectivity index (χ3n) is 4.10. The van der Waals surface area contributed by atoms with Gasteiger partial charge in [-0.25, -0.2) is 14.4 Å². The Morgan fingerprint density at radius 1 is 1.17 bits per heavy atom. The first-order chi connectivity index (χ1) is 11.1. The summed E-state index contributed by atoms with van der Waals surface area (Å²) in [6.07, 6.45) is 2.84. The number of aliphatic hydroxyl groups is 2.